The first-order chi connectivity index (χ1) is 8.74. The summed E-state index contributed by atoms with van der Waals surface area (Å²) in [6.07, 6.45) is 0. The van der Waals surface area contributed by atoms with Gasteiger partial charge in [-0.25, -0.2) is 4.79 Å². The normalized spacial score (nSPS) is 12.1. The predicted molar refractivity (Wildman–Crippen MR) is 66.6 cm³/mol. The summed E-state index contributed by atoms with van der Waals surface area (Å²) >= 11 is 0. The monoisotopic (exact) mass is 243 g/mol. The summed E-state index contributed by atoms with van der Waals surface area (Å²) in [5.74, 6) is -1.01. The summed E-state index contributed by atoms with van der Waals surface area (Å²) in [6, 6.07) is 15.2. The van der Waals surface area contributed by atoms with Crippen LogP contribution in [0.3, 0.4) is 0 Å². The lowest BCUT2D eigenvalue weighted by Gasteiger charge is -2.17. The van der Waals surface area contributed by atoms with E-state index in [2.05, 4.69) is 5.48 Å². The van der Waals surface area contributed by atoms with Gasteiger partial charge in [-0.05, 0) is 17.2 Å². The molecule has 0 aliphatic heterocycles. The molecule has 0 aliphatic carbocycles. The number of hydrogen-bond donors (Lipinski definition) is 3. The highest BCUT2D eigenvalue weighted by molar-refractivity contribution is 5.89. The summed E-state index contributed by atoms with van der Waals surface area (Å²) < 4.78 is 0. The zero-order valence-corrected chi connectivity index (χ0v) is 9.58. The Morgan fingerprint density at radius 3 is 2.22 bits per heavy atom. The highest BCUT2D eigenvalue weighted by Gasteiger charge is 2.19. The molecule has 2 aromatic carbocycles. The SMILES string of the molecule is O=C(O)c1ccccc1C(NO)c1ccccc1. The second-order valence-electron chi connectivity index (χ2n) is 3.87. The van der Waals surface area contributed by atoms with E-state index < -0.39 is 12.0 Å². The standard InChI is InChI=1S/C14H13NO3/c16-14(17)12-9-5-4-8-11(12)13(15-18)10-6-2-1-3-7-10/h1-9,13,15,18H,(H,16,17). The van der Waals surface area contributed by atoms with E-state index in [1.165, 1.54) is 6.07 Å². The smallest absolute Gasteiger partial charge is 0.336 e. The van der Waals surface area contributed by atoms with Gasteiger partial charge in [0.25, 0.3) is 0 Å². The molecule has 0 saturated carbocycles. The fourth-order valence-corrected chi connectivity index (χ4v) is 1.91. The first kappa shape index (κ1) is 12.3. The third-order valence-corrected chi connectivity index (χ3v) is 2.76. The van der Waals surface area contributed by atoms with Gasteiger partial charge in [0, 0.05) is 0 Å². The van der Waals surface area contributed by atoms with Gasteiger partial charge in [0.05, 0.1) is 11.6 Å². The van der Waals surface area contributed by atoms with E-state index in [9.17, 15) is 10.0 Å². The molecule has 0 radical (unpaired) electrons. The Morgan fingerprint density at radius 2 is 1.61 bits per heavy atom. The molecule has 0 aliphatic rings. The molecule has 1 atom stereocenters. The van der Waals surface area contributed by atoms with Gasteiger partial charge in [0.15, 0.2) is 0 Å². The van der Waals surface area contributed by atoms with E-state index in [4.69, 9.17) is 5.11 Å². The molecule has 92 valence electrons. The van der Waals surface area contributed by atoms with E-state index in [1.807, 2.05) is 30.3 Å². The molecule has 4 heteroatoms. The fraction of sp³-hybridized carbons (Fsp3) is 0.0714. The van der Waals surface area contributed by atoms with Crippen molar-refractivity contribution in [2.24, 2.45) is 0 Å². The van der Waals surface area contributed by atoms with E-state index in [-0.39, 0.29) is 5.56 Å². The van der Waals surface area contributed by atoms with Gasteiger partial charge in [-0.3, -0.25) is 0 Å². The van der Waals surface area contributed by atoms with Crippen molar-refractivity contribution in [2.75, 3.05) is 0 Å². The number of nitrogens with one attached hydrogen (secondary N) is 1. The molecule has 1 unspecified atom stereocenters. The molecular weight excluding hydrogens is 230 g/mol. The molecule has 0 heterocycles. The van der Waals surface area contributed by atoms with Gasteiger partial charge in [-0.2, -0.15) is 5.48 Å². The van der Waals surface area contributed by atoms with Crippen molar-refractivity contribution in [1.82, 2.24) is 5.48 Å². The molecule has 0 amide bonds. The van der Waals surface area contributed by atoms with Crippen molar-refractivity contribution < 1.29 is 15.1 Å². The topological polar surface area (TPSA) is 69.6 Å². The van der Waals surface area contributed by atoms with Crippen molar-refractivity contribution in [2.45, 2.75) is 6.04 Å². The summed E-state index contributed by atoms with van der Waals surface area (Å²) in [5.41, 5.74) is 3.67. The Balaban J connectivity index is 2.49. The Morgan fingerprint density at radius 1 is 1.00 bits per heavy atom. The van der Waals surface area contributed by atoms with Gasteiger partial charge in [-0.1, -0.05) is 48.5 Å². The van der Waals surface area contributed by atoms with Crippen LogP contribution >= 0.6 is 0 Å². The van der Waals surface area contributed by atoms with Gasteiger partial charge >= 0.3 is 5.97 Å². The third kappa shape index (κ3) is 2.40. The van der Waals surface area contributed by atoms with E-state index >= 15 is 0 Å². The van der Waals surface area contributed by atoms with Crippen LogP contribution in [0.4, 0.5) is 0 Å². The van der Waals surface area contributed by atoms with Crippen molar-refractivity contribution in [3.8, 4) is 0 Å². The molecule has 3 N–H and O–H groups in total. The fourth-order valence-electron chi connectivity index (χ4n) is 1.91. The molecular formula is C14H13NO3. The zero-order valence-electron chi connectivity index (χ0n) is 9.58. The van der Waals surface area contributed by atoms with E-state index in [1.54, 1.807) is 18.2 Å². The van der Waals surface area contributed by atoms with Crippen molar-refractivity contribution in [1.29, 1.82) is 0 Å². The minimum Gasteiger partial charge on any atom is -0.478 e. The molecule has 4 nitrogen and oxygen atoms in total. The van der Waals surface area contributed by atoms with Crippen molar-refractivity contribution >= 4 is 5.97 Å². The van der Waals surface area contributed by atoms with Gasteiger partial charge in [0.2, 0.25) is 0 Å². The van der Waals surface area contributed by atoms with Crippen molar-refractivity contribution in [3.63, 3.8) is 0 Å². The predicted octanol–water partition coefficient (Wildman–Crippen LogP) is 2.45. The van der Waals surface area contributed by atoms with Crippen LogP contribution in [0.2, 0.25) is 0 Å². The Labute approximate surface area is 104 Å². The number of carboxylic acid groups (broad SMARTS) is 1. The minimum absolute atomic E-state index is 0.174. The number of carboxylic acids is 1. The molecule has 0 aromatic heterocycles. The van der Waals surface area contributed by atoms with Gasteiger partial charge in [-0.15, -0.1) is 0 Å². The quantitative estimate of drug-likeness (QED) is 0.721. The summed E-state index contributed by atoms with van der Waals surface area (Å²) in [7, 11) is 0. The molecule has 0 bridgehead atoms. The average molecular weight is 243 g/mol. The Kier molecular flexibility index (Phi) is 3.72. The number of carbonyl (C=O) groups is 1. The summed E-state index contributed by atoms with van der Waals surface area (Å²) in [5, 5.41) is 18.4. The largest absolute Gasteiger partial charge is 0.478 e. The zero-order chi connectivity index (χ0) is 13.0. The van der Waals surface area contributed by atoms with Crippen LogP contribution in [-0.2, 0) is 0 Å². The second kappa shape index (κ2) is 5.44. The number of rotatable bonds is 4. The van der Waals surface area contributed by atoms with Crippen LogP contribution in [0, 0.1) is 0 Å². The molecule has 18 heavy (non-hydrogen) atoms. The number of benzene rings is 2. The maximum absolute atomic E-state index is 11.2. The van der Waals surface area contributed by atoms with Crippen LogP contribution in [0.15, 0.2) is 54.6 Å². The number of aromatic carboxylic acids is 1. The minimum atomic E-state index is -1.01. The Bertz CT molecular complexity index is 540. The Hall–Kier alpha value is -2.17. The molecule has 0 fully saturated rings. The van der Waals surface area contributed by atoms with Crippen LogP contribution in [-0.4, -0.2) is 16.3 Å². The highest BCUT2D eigenvalue weighted by atomic mass is 16.5. The molecule has 2 aromatic rings. The molecule has 0 saturated heterocycles. The lowest BCUT2D eigenvalue weighted by molar-refractivity contribution is 0.0693. The van der Waals surface area contributed by atoms with Crippen molar-refractivity contribution in [3.05, 3.63) is 71.3 Å². The maximum Gasteiger partial charge on any atom is 0.336 e. The summed E-state index contributed by atoms with van der Waals surface area (Å²) in [6.45, 7) is 0. The lowest BCUT2D eigenvalue weighted by Crippen LogP contribution is -2.21. The van der Waals surface area contributed by atoms with Gasteiger partial charge in [0.1, 0.15) is 0 Å². The third-order valence-electron chi connectivity index (χ3n) is 2.76. The molecule has 2 rings (SSSR count). The highest BCUT2D eigenvalue weighted by Crippen LogP contribution is 2.24. The van der Waals surface area contributed by atoms with Crippen LogP contribution < -0.4 is 5.48 Å². The lowest BCUT2D eigenvalue weighted by atomic mass is 9.95. The summed E-state index contributed by atoms with van der Waals surface area (Å²) in [4.78, 5) is 11.2. The van der Waals surface area contributed by atoms with Gasteiger partial charge < -0.3 is 10.3 Å². The first-order valence-electron chi connectivity index (χ1n) is 5.51. The second-order valence-corrected chi connectivity index (χ2v) is 3.87. The number of hydrogen-bond acceptors (Lipinski definition) is 3. The van der Waals surface area contributed by atoms with E-state index in [0.29, 0.717) is 5.56 Å². The maximum atomic E-state index is 11.2. The first-order valence-corrected chi connectivity index (χ1v) is 5.51. The molecule has 0 spiro atoms. The van der Waals surface area contributed by atoms with Crippen LogP contribution in [0.5, 0.6) is 0 Å². The average Bonchev–Trinajstić information content (AvgIpc) is 2.41. The van der Waals surface area contributed by atoms with E-state index in [0.717, 1.165) is 5.56 Å². The van der Waals surface area contributed by atoms with Crippen LogP contribution in [0.1, 0.15) is 27.5 Å². The van der Waals surface area contributed by atoms with Crippen LogP contribution in [0.25, 0.3) is 0 Å². The number of hydroxylamine groups is 1.